The molecule has 1 aromatic carbocycles. The Hall–Kier alpha value is -1.88. The van der Waals surface area contributed by atoms with E-state index >= 15 is 0 Å². The fraction of sp³-hybridized carbons (Fsp3) is 0.375. The number of rotatable bonds is 4. The third-order valence-electron chi connectivity index (χ3n) is 3.86. The number of hydrogen-bond acceptors (Lipinski definition) is 5. The van der Waals surface area contributed by atoms with Gasteiger partial charge < -0.3 is 10.1 Å². The summed E-state index contributed by atoms with van der Waals surface area (Å²) in [4.78, 5) is 17.1. The van der Waals surface area contributed by atoms with Crippen LogP contribution in [0.3, 0.4) is 0 Å². The van der Waals surface area contributed by atoms with Crippen LogP contribution in [-0.2, 0) is 9.53 Å². The van der Waals surface area contributed by atoms with Crippen LogP contribution in [0.25, 0.3) is 10.4 Å². The Labute approximate surface area is 128 Å². The van der Waals surface area contributed by atoms with Crippen molar-refractivity contribution in [1.82, 2.24) is 4.98 Å². The van der Waals surface area contributed by atoms with E-state index in [0.29, 0.717) is 6.04 Å². The quantitative estimate of drug-likeness (QED) is 0.877. The normalized spacial score (nSPS) is 21.2. The highest BCUT2D eigenvalue weighted by Gasteiger charge is 2.30. The number of ether oxygens (including phenoxy) is 1. The van der Waals surface area contributed by atoms with Gasteiger partial charge in [-0.25, -0.2) is 4.98 Å². The van der Waals surface area contributed by atoms with E-state index in [4.69, 9.17) is 4.74 Å². The van der Waals surface area contributed by atoms with Gasteiger partial charge in [0.15, 0.2) is 5.13 Å². The molecule has 2 aromatic rings. The molecule has 0 saturated heterocycles. The smallest absolute Gasteiger partial charge is 0.308 e. The molecule has 3 rings (SSSR count). The Kier molecular flexibility index (Phi) is 4.20. The molecule has 0 radical (unpaired) electrons. The summed E-state index contributed by atoms with van der Waals surface area (Å²) in [5.74, 6) is -0.0653. The molecule has 110 valence electrons. The zero-order valence-corrected chi connectivity index (χ0v) is 12.7. The first-order valence-corrected chi connectivity index (χ1v) is 7.93. The number of carbonyl (C=O) groups excluding carboxylic acids is 1. The highest BCUT2D eigenvalue weighted by Crippen LogP contribution is 2.33. The van der Waals surface area contributed by atoms with Gasteiger partial charge in [0.2, 0.25) is 0 Å². The molecule has 0 amide bonds. The number of esters is 1. The summed E-state index contributed by atoms with van der Waals surface area (Å²) in [5, 5.41) is 4.36. The molecule has 0 bridgehead atoms. The predicted molar refractivity (Wildman–Crippen MR) is 84.3 cm³/mol. The van der Waals surface area contributed by atoms with Gasteiger partial charge in [0.1, 0.15) is 0 Å². The van der Waals surface area contributed by atoms with Crippen LogP contribution >= 0.6 is 11.3 Å². The largest absolute Gasteiger partial charge is 0.469 e. The van der Waals surface area contributed by atoms with Crippen LogP contribution in [0.1, 0.15) is 19.3 Å². The number of thiazole rings is 1. The Balaban J connectivity index is 1.62. The maximum atomic E-state index is 11.5. The standard InChI is InChI=1S/C16H18N2O2S/c1-20-15(19)12-7-8-13(9-12)18-16-17-10-14(21-16)11-5-3-2-4-6-11/h2-6,10,12-13H,7-9H2,1H3,(H,17,18)/t12-,13+/m0/s1. The molecule has 1 aliphatic rings. The van der Waals surface area contributed by atoms with Crippen LogP contribution in [-0.4, -0.2) is 24.1 Å². The molecule has 4 nitrogen and oxygen atoms in total. The third-order valence-corrected chi connectivity index (χ3v) is 4.84. The molecule has 1 heterocycles. The average molecular weight is 302 g/mol. The highest BCUT2D eigenvalue weighted by atomic mass is 32.1. The lowest BCUT2D eigenvalue weighted by Gasteiger charge is -2.11. The SMILES string of the molecule is COC(=O)[C@H]1CC[C@@H](Nc2ncc(-c3ccccc3)s2)C1. The van der Waals surface area contributed by atoms with E-state index in [-0.39, 0.29) is 11.9 Å². The number of hydrogen-bond donors (Lipinski definition) is 1. The van der Waals surface area contributed by atoms with Gasteiger partial charge in [0.05, 0.1) is 17.9 Å². The first kappa shape index (κ1) is 14.1. The summed E-state index contributed by atoms with van der Waals surface area (Å²) in [6, 6.07) is 10.5. The van der Waals surface area contributed by atoms with Crippen LogP contribution in [0.2, 0.25) is 0 Å². The summed E-state index contributed by atoms with van der Waals surface area (Å²) < 4.78 is 4.81. The molecule has 0 spiro atoms. The van der Waals surface area contributed by atoms with E-state index in [1.54, 1.807) is 11.3 Å². The van der Waals surface area contributed by atoms with Gasteiger partial charge in [-0.3, -0.25) is 4.79 Å². The van der Waals surface area contributed by atoms with Crippen LogP contribution in [0.4, 0.5) is 5.13 Å². The minimum absolute atomic E-state index is 0.0288. The summed E-state index contributed by atoms with van der Waals surface area (Å²) >= 11 is 1.65. The maximum Gasteiger partial charge on any atom is 0.308 e. The molecule has 2 atom stereocenters. The molecule has 21 heavy (non-hydrogen) atoms. The number of nitrogens with one attached hydrogen (secondary N) is 1. The number of methoxy groups -OCH3 is 1. The minimum Gasteiger partial charge on any atom is -0.469 e. The van der Waals surface area contributed by atoms with Crippen molar-refractivity contribution in [3.05, 3.63) is 36.5 Å². The van der Waals surface area contributed by atoms with Gasteiger partial charge in [-0.2, -0.15) is 0 Å². The molecule has 0 aliphatic heterocycles. The van der Waals surface area contributed by atoms with Crippen molar-refractivity contribution in [2.24, 2.45) is 5.92 Å². The lowest BCUT2D eigenvalue weighted by Crippen LogP contribution is -2.18. The summed E-state index contributed by atoms with van der Waals surface area (Å²) in [6.45, 7) is 0. The van der Waals surface area contributed by atoms with E-state index in [1.165, 1.54) is 12.7 Å². The predicted octanol–water partition coefficient (Wildman–Crippen LogP) is 3.56. The minimum atomic E-state index is -0.0941. The molecule has 1 aromatic heterocycles. The van der Waals surface area contributed by atoms with Crippen LogP contribution < -0.4 is 5.32 Å². The lowest BCUT2D eigenvalue weighted by atomic mass is 10.1. The molecular formula is C16H18N2O2S. The average Bonchev–Trinajstić information content (AvgIpc) is 3.17. The van der Waals surface area contributed by atoms with E-state index in [1.807, 2.05) is 24.4 Å². The van der Waals surface area contributed by atoms with Crippen molar-refractivity contribution >= 4 is 22.4 Å². The Morgan fingerprint density at radius 2 is 2.14 bits per heavy atom. The second kappa shape index (κ2) is 6.26. The number of carbonyl (C=O) groups is 1. The zero-order valence-electron chi connectivity index (χ0n) is 11.9. The fourth-order valence-corrected chi connectivity index (χ4v) is 3.64. The first-order valence-electron chi connectivity index (χ1n) is 7.12. The molecule has 1 saturated carbocycles. The molecule has 1 N–H and O–H groups in total. The number of aromatic nitrogens is 1. The van der Waals surface area contributed by atoms with Gasteiger partial charge in [-0.15, -0.1) is 0 Å². The van der Waals surface area contributed by atoms with Crippen molar-refractivity contribution in [3.8, 4) is 10.4 Å². The maximum absolute atomic E-state index is 11.5. The summed E-state index contributed by atoms with van der Waals surface area (Å²) in [6.07, 6.45) is 4.60. The fourth-order valence-electron chi connectivity index (χ4n) is 2.74. The Morgan fingerprint density at radius 3 is 2.90 bits per heavy atom. The second-order valence-corrected chi connectivity index (χ2v) is 6.30. The number of benzene rings is 1. The van der Waals surface area contributed by atoms with Gasteiger partial charge in [0.25, 0.3) is 0 Å². The van der Waals surface area contributed by atoms with Gasteiger partial charge in [-0.05, 0) is 24.8 Å². The summed E-state index contributed by atoms with van der Waals surface area (Å²) in [5.41, 5.74) is 1.18. The van der Waals surface area contributed by atoms with Crippen LogP contribution in [0.15, 0.2) is 36.5 Å². The lowest BCUT2D eigenvalue weighted by molar-refractivity contribution is -0.145. The van der Waals surface area contributed by atoms with Crippen molar-refractivity contribution in [3.63, 3.8) is 0 Å². The number of nitrogens with zero attached hydrogens (tertiary/aromatic N) is 1. The van der Waals surface area contributed by atoms with Gasteiger partial charge in [0, 0.05) is 12.2 Å². The Morgan fingerprint density at radius 1 is 1.33 bits per heavy atom. The van der Waals surface area contributed by atoms with Crippen molar-refractivity contribution in [2.45, 2.75) is 25.3 Å². The monoisotopic (exact) mass is 302 g/mol. The Bertz CT molecular complexity index is 612. The topological polar surface area (TPSA) is 51.2 Å². The molecule has 5 heteroatoms. The van der Waals surface area contributed by atoms with Crippen molar-refractivity contribution < 1.29 is 9.53 Å². The van der Waals surface area contributed by atoms with Crippen LogP contribution in [0, 0.1) is 5.92 Å². The van der Waals surface area contributed by atoms with E-state index in [9.17, 15) is 4.79 Å². The second-order valence-electron chi connectivity index (χ2n) is 5.27. The van der Waals surface area contributed by atoms with Gasteiger partial charge >= 0.3 is 5.97 Å². The van der Waals surface area contributed by atoms with Crippen molar-refractivity contribution in [1.29, 1.82) is 0 Å². The first-order chi connectivity index (χ1) is 10.3. The third kappa shape index (κ3) is 3.24. The molecule has 0 unspecified atom stereocenters. The van der Waals surface area contributed by atoms with E-state index in [2.05, 4.69) is 22.4 Å². The van der Waals surface area contributed by atoms with E-state index < -0.39 is 0 Å². The van der Waals surface area contributed by atoms with E-state index in [0.717, 1.165) is 29.3 Å². The zero-order chi connectivity index (χ0) is 14.7. The molecule has 1 aliphatic carbocycles. The molecular weight excluding hydrogens is 284 g/mol. The van der Waals surface area contributed by atoms with Gasteiger partial charge in [-0.1, -0.05) is 41.7 Å². The summed E-state index contributed by atoms with van der Waals surface area (Å²) in [7, 11) is 1.45. The molecule has 1 fully saturated rings. The highest BCUT2D eigenvalue weighted by molar-refractivity contribution is 7.18. The number of anilines is 1. The van der Waals surface area contributed by atoms with Crippen molar-refractivity contribution in [2.75, 3.05) is 12.4 Å². The van der Waals surface area contributed by atoms with Crippen LogP contribution in [0.5, 0.6) is 0 Å².